The first-order valence-corrected chi connectivity index (χ1v) is 9.30. The van der Waals surface area contributed by atoms with Crippen LogP contribution in [0.3, 0.4) is 0 Å². The molecule has 0 spiro atoms. The molecule has 1 atom stereocenters. The lowest BCUT2D eigenvalue weighted by molar-refractivity contribution is 0.0928. The predicted octanol–water partition coefficient (Wildman–Crippen LogP) is 2.75. The molecule has 1 amide bonds. The molecule has 1 unspecified atom stereocenters. The Morgan fingerprint density at radius 3 is 2.78 bits per heavy atom. The highest BCUT2D eigenvalue weighted by Crippen LogP contribution is 2.25. The Morgan fingerprint density at radius 1 is 1.44 bits per heavy atom. The van der Waals surface area contributed by atoms with Gasteiger partial charge in [-0.2, -0.15) is 0 Å². The summed E-state index contributed by atoms with van der Waals surface area (Å²) in [5, 5.41) is 13.4. The Labute approximate surface area is 164 Å². The Morgan fingerprint density at radius 2 is 2.19 bits per heavy atom. The first-order chi connectivity index (χ1) is 13.0. The third-order valence-corrected chi connectivity index (χ3v) is 5.29. The Hall–Kier alpha value is -2.52. The average molecular weight is 404 g/mol. The average Bonchev–Trinajstić information content (AvgIpc) is 3.33. The van der Waals surface area contributed by atoms with Crippen molar-refractivity contribution in [3.05, 3.63) is 63.5 Å². The molecule has 3 aromatic rings. The summed E-state index contributed by atoms with van der Waals surface area (Å²) in [6.45, 7) is 3.69. The predicted molar refractivity (Wildman–Crippen MR) is 106 cm³/mol. The molecule has 7 nitrogen and oxygen atoms in total. The minimum Gasteiger partial charge on any atom is -0.391 e. The van der Waals surface area contributed by atoms with Gasteiger partial charge in [0.05, 0.1) is 35.1 Å². The maximum absolute atomic E-state index is 12.5. The fourth-order valence-electron chi connectivity index (χ4n) is 2.47. The third-order valence-electron chi connectivity index (χ3n) is 3.87. The summed E-state index contributed by atoms with van der Waals surface area (Å²) in [7, 11) is 0. The van der Waals surface area contributed by atoms with Gasteiger partial charge in [-0.15, -0.1) is 11.3 Å². The van der Waals surface area contributed by atoms with Crippen LogP contribution < -0.4 is 11.1 Å². The van der Waals surface area contributed by atoms with Crippen molar-refractivity contribution in [3.63, 3.8) is 0 Å². The standard InChI is InChI=1S/C18H18ClN5O2S/c1-2-12-15(9-25)27-18(24-12)13(7-20)23-17(26)16-21-8-14(22-16)10-3-5-11(19)6-4-10/h2-6,8,13,25H,1,7,9,20H2,(H,21,22)(H,23,26). The van der Waals surface area contributed by atoms with Crippen molar-refractivity contribution in [2.75, 3.05) is 6.54 Å². The molecule has 2 heterocycles. The van der Waals surface area contributed by atoms with Crippen LogP contribution in [0.5, 0.6) is 0 Å². The number of rotatable bonds is 7. The molecule has 27 heavy (non-hydrogen) atoms. The molecular weight excluding hydrogens is 386 g/mol. The number of thiazole rings is 1. The van der Waals surface area contributed by atoms with Crippen molar-refractivity contribution >= 4 is 34.9 Å². The van der Waals surface area contributed by atoms with Crippen LogP contribution in [0, 0.1) is 0 Å². The van der Waals surface area contributed by atoms with E-state index in [-0.39, 0.29) is 19.0 Å². The molecule has 140 valence electrons. The van der Waals surface area contributed by atoms with Crippen molar-refractivity contribution in [1.29, 1.82) is 0 Å². The number of benzene rings is 1. The maximum atomic E-state index is 12.5. The van der Waals surface area contributed by atoms with Crippen LogP contribution in [-0.4, -0.2) is 32.5 Å². The molecule has 2 aromatic heterocycles. The highest BCUT2D eigenvalue weighted by molar-refractivity contribution is 7.11. The van der Waals surface area contributed by atoms with Gasteiger partial charge in [0.2, 0.25) is 0 Å². The smallest absolute Gasteiger partial charge is 0.287 e. The van der Waals surface area contributed by atoms with Crippen LogP contribution >= 0.6 is 22.9 Å². The summed E-state index contributed by atoms with van der Waals surface area (Å²) in [4.78, 5) is 24.7. The van der Waals surface area contributed by atoms with Gasteiger partial charge in [-0.3, -0.25) is 4.79 Å². The molecule has 0 aliphatic carbocycles. The first-order valence-electron chi connectivity index (χ1n) is 8.10. The number of aliphatic hydroxyl groups excluding tert-OH is 1. The lowest BCUT2D eigenvalue weighted by Gasteiger charge is -2.13. The second-order valence-electron chi connectivity index (χ2n) is 5.64. The minimum absolute atomic E-state index is 0.146. The van der Waals surface area contributed by atoms with Crippen LogP contribution in [0.25, 0.3) is 17.3 Å². The Kier molecular flexibility index (Phi) is 6.02. The molecule has 0 saturated heterocycles. The van der Waals surface area contributed by atoms with Gasteiger partial charge in [-0.25, -0.2) is 9.97 Å². The molecule has 0 radical (unpaired) electrons. The van der Waals surface area contributed by atoms with E-state index in [0.29, 0.717) is 26.3 Å². The SMILES string of the molecule is C=Cc1nc(C(CN)NC(=O)c2ncc(-c3ccc(Cl)cc3)[nH]2)sc1CO. The Bertz CT molecular complexity index is 951. The summed E-state index contributed by atoms with van der Waals surface area (Å²) in [6, 6.07) is 6.71. The molecule has 0 bridgehead atoms. The highest BCUT2D eigenvalue weighted by atomic mass is 35.5. The number of aromatic amines is 1. The third kappa shape index (κ3) is 4.25. The van der Waals surface area contributed by atoms with Gasteiger partial charge in [0.25, 0.3) is 5.91 Å². The van der Waals surface area contributed by atoms with E-state index in [1.165, 1.54) is 11.3 Å². The molecule has 9 heteroatoms. The summed E-state index contributed by atoms with van der Waals surface area (Å²) in [5.74, 6) is -0.229. The lowest BCUT2D eigenvalue weighted by atomic mass is 10.2. The number of carbonyl (C=O) groups excluding carboxylic acids is 1. The fourth-order valence-corrected chi connectivity index (χ4v) is 3.58. The van der Waals surface area contributed by atoms with Crippen molar-refractivity contribution in [2.45, 2.75) is 12.6 Å². The lowest BCUT2D eigenvalue weighted by Crippen LogP contribution is -2.34. The molecular formula is C18H18ClN5O2S. The molecule has 5 N–H and O–H groups in total. The second-order valence-corrected chi connectivity index (χ2v) is 7.19. The van der Waals surface area contributed by atoms with Gasteiger partial charge in [0.1, 0.15) is 5.01 Å². The second kappa shape index (κ2) is 8.45. The zero-order chi connectivity index (χ0) is 19.4. The van der Waals surface area contributed by atoms with Gasteiger partial charge in [0.15, 0.2) is 5.82 Å². The maximum Gasteiger partial charge on any atom is 0.287 e. The van der Waals surface area contributed by atoms with E-state index in [1.807, 2.05) is 12.1 Å². The van der Waals surface area contributed by atoms with E-state index in [9.17, 15) is 9.90 Å². The summed E-state index contributed by atoms with van der Waals surface area (Å²) in [5.41, 5.74) is 7.96. The summed E-state index contributed by atoms with van der Waals surface area (Å²) >= 11 is 7.18. The summed E-state index contributed by atoms with van der Waals surface area (Å²) < 4.78 is 0. The topological polar surface area (TPSA) is 117 Å². The monoisotopic (exact) mass is 403 g/mol. The number of imidazole rings is 1. The zero-order valence-electron chi connectivity index (χ0n) is 14.3. The van der Waals surface area contributed by atoms with Crippen molar-refractivity contribution in [3.8, 4) is 11.3 Å². The first kappa shape index (κ1) is 19.2. The van der Waals surface area contributed by atoms with Gasteiger partial charge in [-0.05, 0) is 23.8 Å². The number of aromatic nitrogens is 3. The normalized spacial score (nSPS) is 12.0. The van der Waals surface area contributed by atoms with Crippen LogP contribution in [-0.2, 0) is 6.61 Å². The number of nitrogens with two attached hydrogens (primary N) is 1. The van der Waals surface area contributed by atoms with Crippen LogP contribution in [0.1, 0.15) is 32.2 Å². The summed E-state index contributed by atoms with van der Waals surface area (Å²) in [6.07, 6.45) is 3.14. The van der Waals surface area contributed by atoms with Crippen molar-refractivity contribution < 1.29 is 9.90 Å². The molecule has 0 aliphatic rings. The van der Waals surface area contributed by atoms with Crippen LogP contribution in [0.4, 0.5) is 0 Å². The van der Waals surface area contributed by atoms with E-state index in [0.717, 1.165) is 5.56 Å². The van der Waals surface area contributed by atoms with E-state index in [2.05, 4.69) is 26.8 Å². The number of halogens is 1. The van der Waals surface area contributed by atoms with E-state index < -0.39 is 11.9 Å². The number of amides is 1. The number of H-pyrrole nitrogens is 1. The number of nitrogens with one attached hydrogen (secondary N) is 2. The number of hydrogen-bond donors (Lipinski definition) is 4. The molecule has 3 rings (SSSR count). The van der Waals surface area contributed by atoms with Crippen molar-refractivity contribution in [2.24, 2.45) is 5.73 Å². The van der Waals surface area contributed by atoms with Crippen LogP contribution in [0.2, 0.25) is 5.02 Å². The highest BCUT2D eigenvalue weighted by Gasteiger charge is 2.21. The Balaban J connectivity index is 1.76. The minimum atomic E-state index is -0.495. The quantitative estimate of drug-likeness (QED) is 0.484. The zero-order valence-corrected chi connectivity index (χ0v) is 15.8. The molecule has 1 aromatic carbocycles. The number of aliphatic hydroxyl groups is 1. The van der Waals surface area contributed by atoms with E-state index >= 15 is 0 Å². The van der Waals surface area contributed by atoms with E-state index in [1.54, 1.807) is 24.4 Å². The van der Waals surface area contributed by atoms with Gasteiger partial charge >= 0.3 is 0 Å². The molecule has 0 saturated carbocycles. The van der Waals surface area contributed by atoms with Crippen LogP contribution in [0.15, 0.2) is 37.0 Å². The van der Waals surface area contributed by atoms with Gasteiger partial charge in [-0.1, -0.05) is 30.3 Å². The number of nitrogens with zero attached hydrogens (tertiary/aromatic N) is 2. The molecule has 0 aliphatic heterocycles. The largest absolute Gasteiger partial charge is 0.391 e. The fraction of sp³-hybridized carbons (Fsp3) is 0.167. The van der Waals surface area contributed by atoms with E-state index in [4.69, 9.17) is 17.3 Å². The number of hydrogen-bond acceptors (Lipinski definition) is 6. The van der Waals surface area contributed by atoms with Gasteiger partial charge in [0, 0.05) is 11.6 Å². The number of carbonyl (C=O) groups is 1. The van der Waals surface area contributed by atoms with Gasteiger partial charge < -0.3 is 21.1 Å². The van der Waals surface area contributed by atoms with Crippen molar-refractivity contribution in [1.82, 2.24) is 20.3 Å². The molecule has 0 fully saturated rings.